The minimum absolute atomic E-state index is 0.182. The van der Waals surface area contributed by atoms with Gasteiger partial charge in [0.1, 0.15) is 5.75 Å². The molecule has 2 nitrogen and oxygen atoms in total. The summed E-state index contributed by atoms with van der Waals surface area (Å²) in [7, 11) is 0. The predicted molar refractivity (Wildman–Crippen MR) is 74.7 cm³/mol. The number of aromatic hydroxyl groups is 1. The lowest BCUT2D eigenvalue weighted by Gasteiger charge is -2.17. The van der Waals surface area contributed by atoms with E-state index in [1.165, 1.54) is 11.1 Å². The summed E-state index contributed by atoms with van der Waals surface area (Å²) in [5.41, 5.74) is 4.39. The molecule has 1 atom stereocenters. The molecule has 0 saturated carbocycles. The van der Waals surface area contributed by atoms with E-state index in [0.717, 1.165) is 11.3 Å². The molecule has 2 heteroatoms. The molecule has 18 heavy (non-hydrogen) atoms. The fourth-order valence-corrected chi connectivity index (χ4v) is 2.32. The molecule has 1 unspecified atom stereocenters. The van der Waals surface area contributed by atoms with E-state index in [1.807, 2.05) is 25.1 Å². The summed E-state index contributed by atoms with van der Waals surface area (Å²) >= 11 is 0. The van der Waals surface area contributed by atoms with Crippen molar-refractivity contribution in [3.63, 3.8) is 0 Å². The average molecular weight is 237 g/mol. The molecule has 0 fully saturated rings. The molecule has 0 heterocycles. The minimum Gasteiger partial charge on any atom is -0.508 e. The zero-order valence-corrected chi connectivity index (χ0v) is 10.2. The summed E-state index contributed by atoms with van der Waals surface area (Å²) in [6.45, 7) is 1.92. The largest absolute Gasteiger partial charge is 0.508 e. The quantitative estimate of drug-likeness (QED) is 0.830. The first-order valence-electron chi connectivity index (χ1n) is 6.08. The third-order valence-corrected chi connectivity index (χ3v) is 3.42. The number of benzene rings is 2. The van der Waals surface area contributed by atoms with Gasteiger partial charge >= 0.3 is 0 Å². The number of phenolic OH excluding ortho intramolecular Hbond substituents is 1. The molecule has 0 bridgehead atoms. The van der Waals surface area contributed by atoms with Gasteiger partial charge in [-0.05, 0) is 30.2 Å². The van der Waals surface area contributed by atoms with Crippen LogP contribution in [0.1, 0.15) is 22.7 Å². The fourth-order valence-electron chi connectivity index (χ4n) is 2.32. The highest BCUT2D eigenvalue weighted by Gasteiger charge is 2.17. The Morgan fingerprint density at radius 2 is 1.89 bits per heavy atom. The first-order valence-corrected chi connectivity index (χ1v) is 6.08. The van der Waals surface area contributed by atoms with E-state index in [2.05, 4.69) is 35.7 Å². The van der Waals surface area contributed by atoms with Gasteiger partial charge in [0, 0.05) is 11.3 Å². The van der Waals surface area contributed by atoms with Gasteiger partial charge in [-0.2, -0.15) is 0 Å². The zero-order chi connectivity index (χ0) is 12.5. The van der Waals surface area contributed by atoms with Crippen molar-refractivity contribution >= 4 is 11.8 Å². The number of rotatable bonds is 2. The van der Waals surface area contributed by atoms with E-state index in [9.17, 15) is 5.11 Å². The van der Waals surface area contributed by atoms with Gasteiger partial charge in [0.05, 0.1) is 6.04 Å². The summed E-state index contributed by atoms with van der Waals surface area (Å²) in [6.07, 6.45) is 4.28. The third-order valence-electron chi connectivity index (χ3n) is 3.42. The summed E-state index contributed by atoms with van der Waals surface area (Å²) in [5, 5.41) is 13.2. The van der Waals surface area contributed by atoms with Crippen LogP contribution in [0.3, 0.4) is 0 Å². The minimum atomic E-state index is 0.182. The first-order chi connectivity index (χ1) is 8.75. The smallest absolute Gasteiger partial charge is 0.120 e. The number of fused-ring (bicyclic) bond motifs is 1. The van der Waals surface area contributed by atoms with E-state index in [1.54, 1.807) is 6.07 Å². The number of nitrogens with one attached hydrogen (secondary N) is 1. The Kier molecular flexibility index (Phi) is 2.56. The maximum absolute atomic E-state index is 9.71. The van der Waals surface area contributed by atoms with E-state index >= 15 is 0 Å². The van der Waals surface area contributed by atoms with Crippen LogP contribution in [0.4, 0.5) is 5.69 Å². The maximum Gasteiger partial charge on any atom is 0.120 e. The molecule has 0 aromatic heterocycles. The summed E-state index contributed by atoms with van der Waals surface area (Å²) < 4.78 is 0. The third kappa shape index (κ3) is 1.76. The van der Waals surface area contributed by atoms with Gasteiger partial charge < -0.3 is 10.4 Å². The second-order valence-electron chi connectivity index (χ2n) is 4.56. The van der Waals surface area contributed by atoms with E-state index in [0.29, 0.717) is 5.75 Å². The van der Waals surface area contributed by atoms with Crippen LogP contribution < -0.4 is 5.32 Å². The van der Waals surface area contributed by atoms with Gasteiger partial charge in [0.25, 0.3) is 0 Å². The molecular formula is C16H15NO. The number of hydrogen-bond donors (Lipinski definition) is 2. The molecule has 2 N–H and O–H groups in total. The molecule has 2 aromatic carbocycles. The van der Waals surface area contributed by atoms with Gasteiger partial charge in [-0.3, -0.25) is 0 Å². The first kappa shape index (κ1) is 10.9. The summed E-state index contributed by atoms with van der Waals surface area (Å²) in [6, 6.07) is 14.1. The zero-order valence-electron chi connectivity index (χ0n) is 10.2. The lowest BCUT2D eigenvalue weighted by molar-refractivity contribution is 0.471. The van der Waals surface area contributed by atoms with Crippen molar-refractivity contribution in [2.24, 2.45) is 0 Å². The van der Waals surface area contributed by atoms with E-state index in [4.69, 9.17) is 0 Å². The lowest BCUT2D eigenvalue weighted by Crippen LogP contribution is -2.07. The Morgan fingerprint density at radius 3 is 2.78 bits per heavy atom. The highest BCUT2D eigenvalue weighted by atomic mass is 16.3. The topological polar surface area (TPSA) is 32.3 Å². The van der Waals surface area contributed by atoms with Crippen LogP contribution in [0, 0.1) is 6.92 Å². The van der Waals surface area contributed by atoms with Crippen LogP contribution in [0.5, 0.6) is 5.75 Å². The number of hydrogen-bond acceptors (Lipinski definition) is 2. The number of phenols is 1. The normalized spacial score (nSPS) is 16.6. The Morgan fingerprint density at radius 1 is 1.06 bits per heavy atom. The van der Waals surface area contributed by atoms with Gasteiger partial charge in [-0.25, -0.2) is 0 Å². The van der Waals surface area contributed by atoms with Gasteiger partial charge in [0.2, 0.25) is 0 Å². The van der Waals surface area contributed by atoms with E-state index in [-0.39, 0.29) is 6.04 Å². The van der Waals surface area contributed by atoms with Crippen molar-refractivity contribution in [1.82, 2.24) is 0 Å². The highest BCUT2D eigenvalue weighted by Crippen LogP contribution is 2.33. The van der Waals surface area contributed by atoms with Crippen molar-refractivity contribution in [2.45, 2.75) is 13.0 Å². The van der Waals surface area contributed by atoms with Crippen LogP contribution in [-0.4, -0.2) is 5.11 Å². The molecule has 0 saturated heterocycles. The predicted octanol–water partition coefficient (Wildman–Crippen LogP) is 3.88. The molecular weight excluding hydrogens is 222 g/mol. The number of anilines is 1. The van der Waals surface area contributed by atoms with Gasteiger partial charge in [-0.15, -0.1) is 0 Å². The van der Waals surface area contributed by atoms with Crippen LogP contribution in [0.15, 0.2) is 48.5 Å². The summed E-state index contributed by atoms with van der Waals surface area (Å²) in [5.74, 6) is 0.329. The SMILES string of the molecule is Cc1c(O)cccc1NC1C=Cc2ccccc21. The van der Waals surface area contributed by atoms with Crippen molar-refractivity contribution in [2.75, 3.05) is 5.32 Å². The van der Waals surface area contributed by atoms with Crippen LogP contribution in [-0.2, 0) is 0 Å². The van der Waals surface area contributed by atoms with E-state index < -0.39 is 0 Å². The van der Waals surface area contributed by atoms with Gasteiger partial charge in [-0.1, -0.05) is 42.5 Å². The molecule has 3 rings (SSSR count). The van der Waals surface area contributed by atoms with Gasteiger partial charge in [0.15, 0.2) is 0 Å². The molecule has 0 amide bonds. The summed E-state index contributed by atoms with van der Waals surface area (Å²) in [4.78, 5) is 0. The molecule has 2 aromatic rings. The molecule has 1 aliphatic carbocycles. The Bertz CT molecular complexity index is 616. The molecule has 0 spiro atoms. The van der Waals surface area contributed by atoms with Crippen LogP contribution >= 0.6 is 0 Å². The standard InChI is InChI=1S/C16H15NO/c1-11-14(7-4-8-16(11)18)17-15-10-9-12-5-2-3-6-13(12)15/h2-10,15,17-18H,1H3. The molecule has 1 aliphatic rings. The average Bonchev–Trinajstić information content (AvgIpc) is 2.79. The second kappa shape index (κ2) is 4.22. The molecule has 0 radical (unpaired) electrons. The highest BCUT2D eigenvalue weighted by molar-refractivity contribution is 5.66. The molecule has 0 aliphatic heterocycles. The Hall–Kier alpha value is -2.22. The Labute approximate surface area is 107 Å². The van der Waals surface area contributed by atoms with Crippen molar-refractivity contribution < 1.29 is 5.11 Å². The monoisotopic (exact) mass is 237 g/mol. The van der Waals surface area contributed by atoms with Crippen molar-refractivity contribution in [3.05, 3.63) is 65.2 Å². The maximum atomic E-state index is 9.71. The fraction of sp³-hybridized carbons (Fsp3) is 0.125. The Balaban J connectivity index is 1.91. The lowest BCUT2D eigenvalue weighted by atomic mass is 10.1. The van der Waals surface area contributed by atoms with Crippen molar-refractivity contribution in [1.29, 1.82) is 0 Å². The van der Waals surface area contributed by atoms with Crippen LogP contribution in [0.2, 0.25) is 0 Å². The second-order valence-corrected chi connectivity index (χ2v) is 4.56. The molecule has 90 valence electrons. The van der Waals surface area contributed by atoms with Crippen molar-refractivity contribution in [3.8, 4) is 5.75 Å². The van der Waals surface area contributed by atoms with Crippen LogP contribution in [0.25, 0.3) is 6.08 Å².